The van der Waals surface area contributed by atoms with Gasteiger partial charge in [-0.1, -0.05) is 11.8 Å². The van der Waals surface area contributed by atoms with Crippen LogP contribution in [0.3, 0.4) is 0 Å². The van der Waals surface area contributed by atoms with Crippen LogP contribution < -0.4 is 5.32 Å². The van der Waals surface area contributed by atoms with Gasteiger partial charge in [-0.25, -0.2) is 4.39 Å². The Morgan fingerprint density at radius 2 is 2.30 bits per heavy atom. The number of aromatic nitrogens is 2. The summed E-state index contributed by atoms with van der Waals surface area (Å²) in [6, 6.07) is 5.43. The van der Waals surface area contributed by atoms with Gasteiger partial charge in [0, 0.05) is 12.6 Å². The van der Waals surface area contributed by atoms with E-state index >= 15 is 0 Å². The number of nitrogens with one attached hydrogen (secondary N) is 2. The average Bonchev–Trinajstić information content (AvgIpc) is 2.96. The molecule has 0 spiro atoms. The molecule has 102 valence electrons. The molecule has 0 saturated heterocycles. The molecule has 1 amide bonds. The summed E-state index contributed by atoms with van der Waals surface area (Å²) in [5.41, 5.74) is 1.05. The van der Waals surface area contributed by atoms with Crippen LogP contribution in [0.2, 0.25) is 0 Å². The summed E-state index contributed by atoms with van der Waals surface area (Å²) in [5, 5.41) is 17.5. The number of carbonyl (C=O) groups is 1. The molecule has 0 bridgehead atoms. The number of aliphatic hydroxyl groups is 1. The highest BCUT2D eigenvalue weighted by molar-refractivity contribution is 6.03. The summed E-state index contributed by atoms with van der Waals surface area (Å²) in [4.78, 5) is 11.9. The van der Waals surface area contributed by atoms with Gasteiger partial charge < -0.3 is 10.4 Å². The molecule has 1 aromatic carbocycles. The summed E-state index contributed by atoms with van der Waals surface area (Å²) in [6.45, 7) is -0.0713. The normalized spacial score (nSPS) is 9.70. The monoisotopic (exact) mass is 273 g/mol. The fraction of sp³-hybridized carbons (Fsp3) is 0.143. The third kappa shape index (κ3) is 3.43. The topological polar surface area (TPSA) is 78.0 Å². The molecule has 6 heteroatoms. The second-order valence-electron chi connectivity index (χ2n) is 3.89. The minimum atomic E-state index is -0.446. The lowest BCUT2D eigenvalue weighted by Gasteiger charge is -2.06. The summed E-state index contributed by atoms with van der Waals surface area (Å²) in [7, 11) is 0. The first-order valence-corrected chi connectivity index (χ1v) is 5.90. The summed E-state index contributed by atoms with van der Waals surface area (Å²) in [5.74, 6) is 4.57. The minimum Gasteiger partial charge on any atom is -0.395 e. The second-order valence-corrected chi connectivity index (χ2v) is 3.89. The molecule has 1 heterocycles. The quantitative estimate of drug-likeness (QED) is 0.742. The van der Waals surface area contributed by atoms with Crippen molar-refractivity contribution < 1.29 is 14.3 Å². The van der Waals surface area contributed by atoms with Gasteiger partial charge in [0.1, 0.15) is 11.5 Å². The Balaban J connectivity index is 2.23. The highest BCUT2D eigenvalue weighted by Gasteiger charge is 2.10. The Labute approximate surface area is 114 Å². The number of H-pyrrole nitrogens is 1. The van der Waals surface area contributed by atoms with Gasteiger partial charge in [0.05, 0.1) is 17.9 Å². The number of carbonyl (C=O) groups excluding carboxylic acids is 1. The molecular formula is C14H12FN3O2. The van der Waals surface area contributed by atoms with Gasteiger partial charge in [-0.3, -0.25) is 9.89 Å². The van der Waals surface area contributed by atoms with Crippen LogP contribution in [0.1, 0.15) is 22.5 Å². The maximum Gasteiger partial charge on any atom is 0.273 e. The fourth-order valence-electron chi connectivity index (χ4n) is 1.51. The summed E-state index contributed by atoms with van der Waals surface area (Å²) in [6.07, 6.45) is 1.74. The average molecular weight is 273 g/mol. The lowest BCUT2D eigenvalue weighted by molar-refractivity contribution is 0.102. The molecule has 0 fully saturated rings. The number of hydrogen-bond acceptors (Lipinski definition) is 3. The zero-order valence-electron chi connectivity index (χ0n) is 10.5. The number of aliphatic hydroxyl groups excluding tert-OH is 1. The van der Waals surface area contributed by atoms with Crippen molar-refractivity contribution in [1.82, 2.24) is 10.2 Å². The van der Waals surface area contributed by atoms with Crippen molar-refractivity contribution in [2.24, 2.45) is 0 Å². The van der Waals surface area contributed by atoms with Crippen LogP contribution in [0.4, 0.5) is 10.1 Å². The van der Waals surface area contributed by atoms with Crippen molar-refractivity contribution >= 4 is 11.6 Å². The van der Waals surface area contributed by atoms with E-state index in [2.05, 4.69) is 27.4 Å². The molecule has 20 heavy (non-hydrogen) atoms. The maximum atomic E-state index is 13.2. The van der Waals surface area contributed by atoms with Crippen LogP contribution in [-0.2, 0) is 0 Å². The molecule has 0 aliphatic carbocycles. The highest BCUT2D eigenvalue weighted by Crippen LogP contribution is 2.17. The SMILES string of the molecule is O=C(Nc1ccc(F)cc1C#CCCO)c1ccn[nH]1. The number of rotatable bonds is 3. The number of benzene rings is 1. The van der Waals surface area contributed by atoms with Gasteiger partial charge in [-0.2, -0.15) is 5.10 Å². The summed E-state index contributed by atoms with van der Waals surface area (Å²) < 4.78 is 13.2. The van der Waals surface area contributed by atoms with Crippen molar-refractivity contribution in [1.29, 1.82) is 0 Å². The zero-order chi connectivity index (χ0) is 14.4. The smallest absolute Gasteiger partial charge is 0.273 e. The van der Waals surface area contributed by atoms with Gasteiger partial charge in [0.2, 0.25) is 0 Å². The summed E-state index contributed by atoms with van der Waals surface area (Å²) >= 11 is 0. The number of halogens is 1. The largest absolute Gasteiger partial charge is 0.395 e. The van der Waals surface area contributed by atoms with E-state index in [1.165, 1.54) is 30.5 Å². The number of hydrogen-bond donors (Lipinski definition) is 3. The van der Waals surface area contributed by atoms with Crippen LogP contribution in [0.25, 0.3) is 0 Å². The molecule has 0 unspecified atom stereocenters. The van der Waals surface area contributed by atoms with Crippen LogP contribution >= 0.6 is 0 Å². The van der Waals surface area contributed by atoms with E-state index in [9.17, 15) is 9.18 Å². The van der Waals surface area contributed by atoms with Crippen molar-refractivity contribution in [3.05, 3.63) is 47.5 Å². The Morgan fingerprint density at radius 3 is 3.00 bits per heavy atom. The zero-order valence-corrected chi connectivity index (χ0v) is 10.5. The maximum absolute atomic E-state index is 13.2. The predicted octanol–water partition coefficient (Wildman–Crippen LogP) is 1.54. The van der Waals surface area contributed by atoms with E-state index in [4.69, 9.17) is 5.11 Å². The number of anilines is 1. The van der Waals surface area contributed by atoms with Gasteiger partial charge in [0.25, 0.3) is 5.91 Å². The first-order chi connectivity index (χ1) is 9.70. The molecule has 3 N–H and O–H groups in total. The molecule has 2 aromatic rings. The number of nitrogens with zero attached hydrogens (tertiary/aromatic N) is 1. The lowest BCUT2D eigenvalue weighted by Crippen LogP contribution is -2.13. The van der Waals surface area contributed by atoms with E-state index in [1.54, 1.807) is 0 Å². The van der Waals surface area contributed by atoms with E-state index in [0.717, 1.165) is 0 Å². The third-order valence-electron chi connectivity index (χ3n) is 2.44. The number of amides is 1. The van der Waals surface area contributed by atoms with Crippen LogP contribution in [0.5, 0.6) is 0 Å². The van der Waals surface area contributed by atoms with Gasteiger partial charge in [-0.05, 0) is 24.3 Å². The minimum absolute atomic E-state index is 0.0713. The van der Waals surface area contributed by atoms with E-state index < -0.39 is 5.82 Å². The Kier molecular flexibility index (Phi) is 4.47. The van der Waals surface area contributed by atoms with Crippen LogP contribution in [0, 0.1) is 17.7 Å². The molecule has 0 aliphatic heterocycles. The Hall–Kier alpha value is -2.65. The first kappa shape index (κ1) is 13.8. The fourth-order valence-corrected chi connectivity index (χ4v) is 1.51. The van der Waals surface area contributed by atoms with Gasteiger partial charge >= 0.3 is 0 Å². The van der Waals surface area contributed by atoms with E-state index in [1.807, 2.05) is 0 Å². The lowest BCUT2D eigenvalue weighted by atomic mass is 10.1. The van der Waals surface area contributed by atoms with Gasteiger partial charge in [0.15, 0.2) is 0 Å². The predicted molar refractivity (Wildman–Crippen MR) is 71.5 cm³/mol. The molecule has 1 aromatic heterocycles. The van der Waals surface area contributed by atoms with Crippen LogP contribution in [-0.4, -0.2) is 27.8 Å². The first-order valence-electron chi connectivity index (χ1n) is 5.90. The highest BCUT2D eigenvalue weighted by atomic mass is 19.1. The second kappa shape index (κ2) is 6.50. The Morgan fingerprint density at radius 1 is 1.45 bits per heavy atom. The standard InChI is InChI=1S/C14H12FN3O2/c15-11-4-5-12(10(9-11)3-1-2-8-19)17-14(20)13-6-7-16-18-13/h4-7,9,19H,2,8H2,(H,16,18)(H,17,20). The van der Waals surface area contributed by atoms with Crippen molar-refractivity contribution in [3.63, 3.8) is 0 Å². The van der Waals surface area contributed by atoms with Gasteiger partial charge in [-0.15, -0.1) is 0 Å². The number of aromatic amines is 1. The molecule has 0 radical (unpaired) electrons. The molecule has 0 aliphatic rings. The van der Waals surface area contributed by atoms with Crippen molar-refractivity contribution in [3.8, 4) is 11.8 Å². The third-order valence-corrected chi connectivity index (χ3v) is 2.44. The molecule has 2 rings (SSSR count). The van der Waals surface area contributed by atoms with Crippen molar-refractivity contribution in [2.45, 2.75) is 6.42 Å². The van der Waals surface area contributed by atoms with E-state index in [-0.39, 0.29) is 18.9 Å². The molecular weight excluding hydrogens is 261 g/mol. The molecule has 5 nitrogen and oxygen atoms in total. The van der Waals surface area contributed by atoms with E-state index in [0.29, 0.717) is 16.9 Å². The molecule has 0 saturated carbocycles. The van der Waals surface area contributed by atoms with Crippen LogP contribution in [0.15, 0.2) is 30.5 Å². The van der Waals surface area contributed by atoms with Crippen molar-refractivity contribution in [2.75, 3.05) is 11.9 Å². The Bertz CT molecular complexity index is 657. The molecule has 0 atom stereocenters.